The Hall–Kier alpha value is -1.73. The summed E-state index contributed by atoms with van der Waals surface area (Å²) in [6.45, 7) is 5.36. The summed E-state index contributed by atoms with van der Waals surface area (Å²) in [7, 11) is -4.28. The minimum Gasteiger partial charge on any atom is -0.462 e. The lowest BCUT2D eigenvalue weighted by Gasteiger charge is -2.19. The summed E-state index contributed by atoms with van der Waals surface area (Å²) in [5.74, 6) is -0.825. The van der Waals surface area contributed by atoms with Crippen molar-refractivity contribution in [2.75, 3.05) is 19.8 Å². The van der Waals surface area contributed by atoms with Gasteiger partial charge in [-0.1, -0.05) is 127 Å². The van der Waals surface area contributed by atoms with Gasteiger partial charge in [-0.25, -0.2) is 4.57 Å². The van der Waals surface area contributed by atoms with Crippen molar-refractivity contribution in [3.8, 4) is 0 Å². The van der Waals surface area contributed by atoms with Gasteiger partial charge in [-0.3, -0.25) is 18.6 Å². The van der Waals surface area contributed by atoms with E-state index in [0.29, 0.717) is 6.42 Å². The predicted molar refractivity (Wildman–Crippen MR) is 198 cm³/mol. The summed E-state index contributed by atoms with van der Waals surface area (Å²) in [5.41, 5.74) is 0. The Labute approximate surface area is 294 Å². The van der Waals surface area contributed by atoms with Crippen molar-refractivity contribution < 1.29 is 37.6 Å². The zero-order valence-corrected chi connectivity index (χ0v) is 31.8. The summed E-state index contributed by atoms with van der Waals surface area (Å²) in [4.78, 5) is 34.6. The number of ether oxygens (including phenoxy) is 2. The molecule has 0 aliphatic heterocycles. The molecule has 0 spiro atoms. The number of carbonyl (C=O) groups excluding carboxylic acids is 2. The van der Waals surface area contributed by atoms with Crippen LogP contribution in [0, 0.1) is 0 Å². The third-order valence-corrected chi connectivity index (χ3v) is 8.96. The van der Waals surface area contributed by atoms with Gasteiger partial charge in [-0.05, 0) is 71.1 Å². The van der Waals surface area contributed by atoms with Crippen molar-refractivity contribution in [3.63, 3.8) is 0 Å². The molecular weight excluding hydrogens is 627 g/mol. The van der Waals surface area contributed by atoms with Gasteiger partial charge >= 0.3 is 19.8 Å². The first-order valence-electron chi connectivity index (χ1n) is 19.3. The Morgan fingerprint density at radius 2 is 1.04 bits per heavy atom. The highest BCUT2D eigenvalue weighted by atomic mass is 31.2. The Morgan fingerprint density at radius 3 is 1.58 bits per heavy atom. The minimum atomic E-state index is -4.28. The molecule has 0 amide bonds. The van der Waals surface area contributed by atoms with E-state index < -0.39 is 26.5 Å². The number of carbonyl (C=O) groups is 2. The molecule has 280 valence electrons. The molecule has 0 aromatic carbocycles. The lowest BCUT2D eigenvalue weighted by Crippen LogP contribution is -2.29. The van der Waals surface area contributed by atoms with Gasteiger partial charge in [-0.2, -0.15) is 0 Å². The van der Waals surface area contributed by atoms with Crippen LogP contribution >= 0.6 is 7.82 Å². The molecule has 0 saturated heterocycles. The summed E-state index contributed by atoms with van der Waals surface area (Å²) in [6.07, 6.45) is 37.6. The van der Waals surface area contributed by atoms with Crippen molar-refractivity contribution in [2.24, 2.45) is 0 Å². The molecule has 9 heteroatoms. The second-order valence-corrected chi connectivity index (χ2v) is 14.0. The molecule has 0 heterocycles. The van der Waals surface area contributed by atoms with E-state index in [1.807, 2.05) is 0 Å². The molecule has 1 N–H and O–H groups in total. The smallest absolute Gasteiger partial charge is 0.462 e. The van der Waals surface area contributed by atoms with E-state index >= 15 is 0 Å². The van der Waals surface area contributed by atoms with Crippen LogP contribution in [0.5, 0.6) is 0 Å². The van der Waals surface area contributed by atoms with Gasteiger partial charge in [0.25, 0.3) is 0 Å². The fourth-order valence-corrected chi connectivity index (χ4v) is 5.83. The highest BCUT2D eigenvalue weighted by molar-refractivity contribution is 7.47. The fourth-order valence-electron chi connectivity index (χ4n) is 5.07. The normalized spacial score (nSPS) is 13.8. The Bertz CT molecular complexity index is 885. The third kappa shape index (κ3) is 34.1. The van der Waals surface area contributed by atoms with E-state index in [1.54, 1.807) is 6.92 Å². The summed E-state index contributed by atoms with van der Waals surface area (Å²) >= 11 is 0. The molecule has 0 aromatic heterocycles. The van der Waals surface area contributed by atoms with Gasteiger partial charge in [-0.15, -0.1) is 0 Å². The highest BCUT2D eigenvalue weighted by Gasteiger charge is 2.25. The maximum atomic E-state index is 12.5. The second kappa shape index (κ2) is 35.1. The fraction of sp³-hybridized carbons (Fsp3) is 0.795. The van der Waals surface area contributed by atoms with Crippen LogP contribution in [-0.4, -0.2) is 42.8 Å². The molecule has 2 atom stereocenters. The molecule has 0 radical (unpaired) electrons. The van der Waals surface area contributed by atoms with Crippen molar-refractivity contribution in [1.29, 1.82) is 0 Å². The van der Waals surface area contributed by atoms with Gasteiger partial charge in [0.1, 0.15) is 6.61 Å². The van der Waals surface area contributed by atoms with E-state index in [1.165, 1.54) is 51.4 Å². The molecule has 8 nitrogen and oxygen atoms in total. The third-order valence-electron chi connectivity index (χ3n) is 7.90. The zero-order chi connectivity index (χ0) is 35.4. The minimum absolute atomic E-state index is 0.00412. The largest absolute Gasteiger partial charge is 0.472 e. The molecule has 0 fully saturated rings. The average Bonchev–Trinajstić information content (AvgIpc) is 3.06. The number of hydrogen-bond donors (Lipinski definition) is 1. The maximum absolute atomic E-state index is 12.5. The van der Waals surface area contributed by atoms with Crippen LogP contribution in [0.3, 0.4) is 0 Å². The van der Waals surface area contributed by atoms with E-state index in [0.717, 1.165) is 83.5 Å². The van der Waals surface area contributed by atoms with Gasteiger partial charge in [0.05, 0.1) is 13.2 Å². The SMILES string of the molecule is CCC/C=C\C/C=C\CCCCCCCC(=O)OC(COC(=O)CCCCCCC/C=C\CCCCCCCC)COP(=O)(O)OCC. The molecule has 0 rings (SSSR count). The average molecular weight is 699 g/mol. The summed E-state index contributed by atoms with van der Waals surface area (Å²) in [5, 5.41) is 0. The first-order chi connectivity index (χ1) is 23.3. The zero-order valence-electron chi connectivity index (χ0n) is 30.9. The highest BCUT2D eigenvalue weighted by Crippen LogP contribution is 2.43. The van der Waals surface area contributed by atoms with Gasteiger partial charge in [0.15, 0.2) is 6.10 Å². The number of rotatable bonds is 35. The van der Waals surface area contributed by atoms with Gasteiger partial charge < -0.3 is 14.4 Å². The van der Waals surface area contributed by atoms with Crippen LogP contribution in [0.15, 0.2) is 36.5 Å². The standard InChI is InChI=1S/C39H71O8P/c1-4-7-9-11-13-15-17-19-20-22-23-25-27-29-31-33-38(40)44-35-37(36-46-48(42,43)45-6-3)47-39(41)34-32-30-28-26-24-21-18-16-14-12-10-8-5-2/h10,12,16,18-20,37H,4-9,11,13-15,17,21-36H2,1-3H3,(H,42,43)/b12-10-,18-16-,20-19-. The van der Waals surface area contributed by atoms with Crippen molar-refractivity contribution in [2.45, 2.75) is 181 Å². The van der Waals surface area contributed by atoms with Crippen LogP contribution in [0.1, 0.15) is 175 Å². The van der Waals surface area contributed by atoms with E-state index in [9.17, 15) is 19.0 Å². The van der Waals surface area contributed by atoms with E-state index in [4.69, 9.17) is 18.5 Å². The first kappa shape index (κ1) is 46.3. The first-order valence-corrected chi connectivity index (χ1v) is 20.8. The molecule has 0 aliphatic rings. The van der Waals surface area contributed by atoms with Gasteiger partial charge in [0.2, 0.25) is 0 Å². The summed E-state index contributed by atoms with van der Waals surface area (Å²) in [6, 6.07) is 0. The van der Waals surface area contributed by atoms with Crippen LogP contribution in [0.4, 0.5) is 0 Å². The molecule has 0 saturated carbocycles. The van der Waals surface area contributed by atoms with Gasteiger partial charge in [0, 0.05) is 12.8 Å². The number of hydrogen-bond acceptors (Lipinski definition) is 7. The number of phosphoric acid groups is 1. The number of phosphoric ester groups is 1. The molecule has 0 aliphatic carbocycles. The van der Waals surface area contributed by atoms with E-state index in [2.05, 4.69) is 50.3 Å². The van der Waals surface area contributed by atoms with Crippen molar-refractivity contribution >= 4 is 19.8 Å². The Morgan fingerprint density at radius 1 is 0.562 bits per heavy atom. The number of allylic oxidation sites excluding steroid dienone is 6. The number of unbranched alkanes of at least 4 members (excludes halogenated alkanes) is 17. The quantitative estimate of drug-likeness (QED) is 0.0301. The maximum Gasteiger partial charge on any atom is 0.472 e. The van der Waals surface area contributed by atoms with Crippen molar-refractivity contribution in [3.05, 3.63) is 36.5 Å². The predicted octanol–water partition coefficient (Wildman–Crippen LogP) is 11.7. The summed E-state index contributed by atoms with van der Waals surface area (Å²) < 4.78 is 32.5. The molecule has 2 unspecified atom stereocenters. The molecule has 0 bridgehead atoms. The second-order valence-electron chi connectivity index (χ2n) is 12.6. The van der Waals surface area contributed by atoms with Crippen LogP contribution < -0.4 is 0 Å². The molecule has 0 aromatic rings. The monoisotopic (exact) mass is 698 g/mol. The van der Waals surface area contributed by atoms with Crippen LogP contribution in [-0.2, 0) is 32.7 Å². The Kier molecular flexibility index (Phi) is 33.8. The molecular formula is C39H71O8P. The Balaban J connectivity index is 4.17. The molecule has 48 heavy (non-hydrogen) atoms. The number of esters is 2. The topological polar surface area (TPSA) is 108 Å². The lowest BCUT2D eigenvalue weighted by molar-refractivity contribution is -0.161. The van der Waals surface area contributed by atoms with E-state index in [-0.39, 0.29) is 32.0 Å². The lowest BCUT2D eigenvalue weighted by atomic mass is 10.1. The van der Waals surface area contributed by atoms with Crippen molar-refractivity contribution in [1.82, 2.24) is 0 Å². The van der Waals surface area contributed by atoms with Crippen LogP contribution in [0.2, 0.25) is 0 Å². The van der Waals surface area contributed by atoms with Crippen LogP contribution in [0.25, 0.3) is 0 Å².